The number of amides is 1. The molecule has 1 aromatic carbocycles. The molecule has 0 aliphatic heterocycles. The highest BCUT2D eigenvalue weighted by Crippen LogP contribution is 2.32. The van der Waals surface area contributed by atoms with Crippen LogP contribution in [-0.4, -0.2) is 37.4 Å². The van der Waals surface area contributed by atoms with Crippen molar-refractivity contribution in [3.63, 3.8) is 0 Å². The van der Waals surface area contributed by atoms with E-state index < -0.39 is 6.10 Å². The van der Waals surface area contributed by atoms with Crippen LogP contribution in [0.15, 0.2) is 18.2 Å². The van der Waals surface area contributed by atoms with E-state index in [1.165, 1.54) is 7.11 Å². The van der Waals surface area contributed by atoms with Gasteiger partial charge in [-0.05, 0) is 43.9 Å². The quantitative estimate of drug-likeness (QED) is 0.795. The number of nitrogens with one attached hydrogen (secondary N) is 1. The first-order chi connectivity index (χ1) is 9.65. The first kappa shape index (κ1) is 14.7. The minimum absolute atomic E-state index is 0.217. The van der Waals surface area contributed by atoms with Crippen LogP contribution in [0.2, 0.25) is 0 Å². The minimum atomic E-state index is -0.441. The topological polar surface area (TPSA) is 67.8 Å². The standard InChI is InChI=1S/C15H21NO4/c1-3-20-13-7-6-11(8-14(13)19-2)15(18)16-9-12(17)10-4-5-10/h6-8,10,12,17H,3-5,9H2,1-2H3,(H,16,18). The van der Waals surface area contributed by atoms with E-state index in [1.54, 1.807) is 18.2 Å². The fourth-order valence-electron chi connectivity index (χ4n) is 2.03. The molecule has 0 radical (unpaired) electrons. The largest absolute Gasteiger partial charge is 0.493 e. The highest BCUT2D eigenvalue weighted by molar-refractivity contribution is 5.94. The van der Waals surface area contributed by atoms with Crippen molar-refractivity contribution < 1.29 is 19.4 Å². The van der Waals surface area contributed by atoms with E-state index in [0.29, 0.717) is 36.1 Å². The summed E-state index contributed by atoms with van der Waals surface area (Å²) in [6, 6.07) is 5.05. The number of methoxy groups -OCH3 is 1. The summed E-state index contributed by atoms with van der Waals surface area (Å²) in [5, 5.41) is 12.5. The summed E-state index contributed by atoms with van der Waals surface area (Å²) in [6.45, 7) is 2.72. The highest BCUT2D eigenvalue weighted by Gasteiger charge is 2.29. The van der Waals surface area contributed by atoms with Gasteiger partial charge in [-0.15, -0.1) is 0 Å². The number of carbonyl (C=O) groups is 1. The SMILES string of the molecule is CCOc1ccc(C(=O)NCC(O)C2CC2)cc1OC. The Morgan fingerprint density at radius 3 is 2.80 bits per heavy atom. The van der Waals surface area contributed by atoms with Gasteiger partial charge in [-0.2, -0.15) is 0 Å². The van der Waals surface area contributed by atoms with Gasteiger partial charge in [0.05, 0.1) is 19.8 Å². The normalized spacial score (nSPS) is 15.6. The van der Waals surface area contributed by atoms with E-state index in [4.69, 9.17) is 9.47 Å². The molecule has 0 aromatic heterocycles. The second-order valence-corrected chi connectivity index (χ2v) is 4.91. The van der Waals surface area contributed by atoms with Gasteiger partial charge in [-0.25, -0.2) is 0 Å². The Hall–Kier alpha value is -1.75. The summed E-state index contributed by atoms with van der Waals surface area (Å²) >= 11 is 0. The molecule has 0 saturated heterocycles. The molecule has 1 aliphatic rings. The maximum absolute atomic E-state index is 12.0. The number of aliphatic hydroxyl groups is 1. The molecule has 0 heterocycles. The predicted molar refractivity (Wildman–Crippen MR) is 75.2 cm³/mol. The average molecular weight is 279 g/mol. The van der Waals surface area contributed by atoms with Crippen LogP contribution in [0.4, 0.5) is 0 Å². The number of carbonyl (C=O) groups excluding carboxylic acids is 1. The third-order valence-corrected chi connectivity index (χ3v) is 3.36. The van der Waals surface area contributed by atoms with Crippen molar-refractivity contribution >= 4 is 5.91 Å². The van der Waals surface area contributed by atoms with E-state index in [2.05, 4.69) is 5.32 Å². The number of ether oxygens (including phenoxy) is 2. The molecule has 0 spiro atoms. The van der Waals surface area contributed by atoms with Gasteiger partial charge in [0.25, 0.3) is 5.91 Å². The van der Waals surface area contributed by atoms with Gasteiger partial charge >= 0.3 is 0 Å². The van der Waals surface area contributed by atoms with Crippen molar-refractivity contribution in [2.24, 2.45) is 5.92 Å². The van der Waals surface area contributed by atoms with Crippen molar-refractivity contribution in [1.82, 2.24) is 5.32 Å². The Kier molecular flexibility index (Phi) is 4.84. The van der Waals surface area contributed by atoms with Gasteiger partial charge in [0.2, 0.25) is 0 Å². The summed E-state index contributed by atoms with van der Waals surface area (Å²) in [5.41, 5.74) is 0.494. The van der Waals surface area contributed by atoms with Crippen LogP contribution >= 0.6 is 0 Å². The minimum Gasteiger partial charge on any atom is -0.493 e. The maximum Gasteiger partial charge on any atom is 0.251 e. The fraction of sp³-hybridized carbons (Fsp3) is 0.533. The maximum atomic E-state index is 12.0. The second kappa shape index (κ2) is 6.61. The predicted octanol–water partition coefficient (Wildman–Crippen LogP) is 1.59. The molecule has 2 N–H and O–H groups in total. The molecule has 5 nitrogen and oxygen atoms in total. The Balaban J connectivity index is 1.97. The molecule has 1 saturated carbocycles. The van der Waals surface area contributed by atoms with E-state index in [-0.39, 0.29) is 5.91 Å². The summed E-state index contributed by atoms with van der Waals surface area (Å²) in [5.74, 6) is 1.28. The van der Waals surface area contributed by atoms with E-state index in [9.17, 15) is 9.90 Å². The molecule has 110 valence electrons. The summed E-state index contributed by atoms with van der Waals surface area (Å²) < 4.78 is 10.6. The Bertz CT molecular complexity index is 471. The van der Waals surface area contributed by atoms with Crippen LogP contribution in [0, 0.1) is 5.92 Å². The molecule has 5 heteroatoms. The molecular weight excluding hydrogens is 258 g/mol. The Morgan fingerprint density at radius 2 is 2.20 bits per heavy atom. The second-order valence-electron chi connectivity index (χ2n) is 4.91. The molecule has 1 aromatic rings. The van der Waals surface area contributed by atoms with Gasteiger partial charge in [-0.1, -0.05) is 0 Å². The van der Waals surface area contributed by atoms with Gasteiger partial charge in [0.15, 0.2) is 11.5 Å². The third-order valence-electron chi connectivity index (χ3n) is 3.36. The molecular formula is C15H21NO4. The Morgan fingerprint density at radius 1 is 1.45 bits per heavy atom. The van der Waals surface area contributed by atoms with E-state index >= 15 is 0 Å². The molecule has 2 rings (SSSR count). The molecule has 1 unspecified atom stereocenters. The molecule has 1 atom stereocenters. The van der Waals surface area contributed by atoms with Crippen LogP contribution in [-0.2, 0) is 0 Å². The number of rotatable bonds is 7. The van der Waals surface area contributed by atoms with Crippen molar-refractivity contribution in [1.29, 1.82) is 0 Å². The number of hydrogen-bond acceptors (Lipinski definition) is 4. The molecule has 0 bridgehead atoms. The zero-order valence-electron chi connectivity index (χ0n) is 11.9. The van der Waals surface area contributed by atoms with E-state index in [1.807, 2.05) is 6.92 Å². The molecule has 1 amide bonds. The lowest BCUT2D eigenvalue weighted by Crippen LogP contribution is -2.33. The first-order valence-corrected chi connectivity index (χ1v) is 6.92. The lowest BCUT2D eigenvalue weighted by atomic mass is 10.1. The lowest BCUT2D eigenvalue weighted by Gasteiger charge is -2.13. The summed E-state index contributed by atoms with van der Waals surface area (Å²) in [4.78, 5) is 12.0. The monoisotopic (exact) mass is 279 g/mol. The van der Waals surface area contributed by atoms with Crippen LogP contribution in [0.1, 0.15) is 30.1 Å². The zero-order chi connectivity index (χ0) is 14.5. The fourth-order valence-corrected chi connectivity index (χ4v) is 2.03. The Labute approximate surface area is 118 Å². The molecule has 1 aliphatic carbocycles. The third kappa shape index (κ3) is 3.63. The highest BCUT2D eigenvalue weighted by atomic mass is 16.5. The van der Waals surface area contributed by atoms with Crippen LogP contribution in [0.3, 0.4) is 0 Å². The lowest BCUT2D eigenvalue weighted by molar-refractivity contribution is 0.0900. The van der Waals surface area contributed by atoms with Gasteiger partial charge in [-0.3, -0.25) is 4.79 Å². The van der Waals surface area contributed by atoms with Crippen LogP contribution < -0.4 is 14.8 Å². The van der Waals surface area contributed by atoms with Gasteiger partial charge < -0.3 is 19.9 Å². The van der Waals surface area contributed by atoms with Crippen molar-refractivity contribution in [2.75, 3.05) is 20.3 Å². The smallest absolute Gasteiger partial charge is 0.251 e. The number of benzene rings is 1. The summed E-state index contributed by atoms with van der Waals surface area (Å²) in [6.07, 6.45) is 1.66. The van der Waals surface area contributed by atoms with Crippen molar-refractivity contribution in [3.8, 4) is 11.5 Å². The molecule has 20 heavy (non-hydrogen) atoms. The molecule has 1 fully saturated rings. The van der Waals surface area contributed by atoms with E-state index in [0.717, 1.165) is 12.8 Å². The van der Waals surface area contributed by atoms with Gasteiger partial charge in [0, 0.05) is 12.1 Å². The number of hydrogen-bond donors (Lipinski definition) is 2. The first-order valence-electron chi connectivity index (χ1n) is 6.92. The zero-order valence-corrected chi connectivity index (χ0v) is 11.9. The van der Waals surface area contributed by atoms with Gasteiger partial charge in [0.1, 0.15) is 0 Å². The van der Waals surface area contributed by atoms with Crippen molar-refractivity contribution in [2.45, 2.75) is 25.9 Å². The van der Waals surface area contributed by atoms with Crippen LogP contribution in [0.25, 0.3) is 0 Å². The average Bonchev–Trinajstić information content (AvgIpc) is 3.29. The number of aliphatic hydroxyl groups excluding tert-OH is 1. The van der Waals surface area contributed by atoms with Crippen molar-refractivity contribution in [3.05, 3.63) is 23.8 Å². The van der Waals surface area contributed by atoms with Crippen LogP contribution in [0.5, 0.6) is 11.5 Å². The summed E-state index contributed by atoms with van der Waals surface area (Å²) in [7, 11) is 1.54.